The van der Waals surface area contributed by atoms with Crippen LogP contribution in [0, 0.1) is 6.92 Å². The van der Waals surface area contributed by atoms with E-state index in [-0.39, 0.29) is 11.6 Å². The standard InChI is InChI=1S/C17H14ClN3O3/c1-10-9-14(17(23)24-2)19-15-11(7-8-21(10)15)16(22)20-13-6-4-3-5-12(13)18/h3-9H,1-2H3,(H,20,22). The molecule has 0 atom stereocenters. The fourth-order valence-electron chi connectivity index (χ4n) is 2.38. The highest BCUT2D eigenvalue weighted by Gasteiger charge is 2.18. The molecule has 2 heterocycles. The van der Waals surface area contributed by atoms with Crippen LogP contribution in [0.15, 0.2) is 42.6 Å². The van der Waals surface area contributed by atoms with Crippen LogP contribution < -0.4 is 5.32 Å². The lowest BCUT2D eigenvalue weighted by Gasteiger charge is -2.08. The summed E-state index contributed by atoms with van der Waals surface area (Å²) < 4.78 is 6.43. The lowest BCUT2D eigenvalue weighted by Crippen LogP contribution is -2.14. The predicted octanol–water partition coefficient (Wildman–Crippen LogP) is 3.34. The maximum absolute atomic E-state index is 12.6. The molecule has 1 N–H and O–H groups in total. The largest absolute Gasteiger partial charge is 0.464 e. The third-order valence-electron chi connectivity index (χ3n) is 3.57. The van der Waals surface area contributed by atoms with Crippen LogP contribution in [-0.4, -0.2) is 28.4 Å². The number of benzene rings is 1. The van der Waals surface area contributed by atoms with Crippen molar-refractivity contribution in [2.45, 2.75) is 6.92 Å². The number of ether oxygens (including phenoxy) is 1. The van der Waals surface area contributed by atoms with Gasteiger partial charge in [-0.2, -0.15) is 0 Å². The lowest BCUT2D eigenvalue weighted by molar-refractivity contribution is 0.0594. The molecule has 3 aromatic rings. The number of esters is 1. The fraction of sp³-hybridized carbons (Fsp3) is 0.118. The van der Waals surface area contributed by atoms with Crippen LogP contribution in [-0.2, 0) is 4.74 Å². The van der Waals surface area contributed by atoms with E-state index in [2.05, 4.69) is 10.3 Å². The van der Waals surface area contributed by atoms with E-state index in [1.54, 1.807) is 47.0 Å². The molecule has 24 heavy (non-hydrogen) atoms. The van der Waals surface area contributed by atoms with Gasteiger partial charge >= 0.3 is 5.97 Å². The molecule has 0 aliphatic carbocycles. The zero-order valence-corrected chi connectivity index (χ0v) is 13.8. The number of anilines is 1. The minimum absolute atomic E-state index is 0.146. The first-order valence-corrected chi connectivity index (χ1v) is 7.52. The molecule has 0 aliphatic rings. The Bertz CT molecular complexity index is 949. The van der Waals surface area contributed by atoms with E-state index in [0.29, 0.717) is 21.9 Å². The number of nitrogens with one attached hydrogen (secondary N) is 1. The maximum Gasteiger partial charge on any atom is 0.356 e. The summed E-state index contributed by atoms with van der Waals surface area (Å²) in [5.74, 6) is -0.918. The van der Waals surface area contributed by atoms with Crippen molar-refractivity contribution in [1.82, 2.24) is 9.38 Å². The number of nitrogens with zero attached hydrogens (tertiary/aromatic N) is 2. The normalized spacial score (nSPS) is 10.6. The molecule has 2 aromatic heterocycles. The molecular formula is C17H14ClN3O3. The molecule has 0 radical (unpaired) electrons. The second-order valence-corrected chi connectivity index (χ2v) is 5.54. The molecule has 0 spiro atoms. The SMILES string of the molecule is COC(=O)c1cc(C)n2ccc(C(=O)Nc3ccccc3Cl)c2n1. The molecular weight excluding hydrogens is 330 g/mol. The van der Waals surface area contributed by atoms with Gasteiger partial charge in [0.25, 0.3) is 5.91 Å². The van der Waals surface area contributed by atoms with Gasteiger partial charge in [0, 0.05) is 11.9 Å². The van der Waals surface area contributed by atoms with Crippen molar-refractivity contribution < 1.29 is 14.3 Å². The van der Waals surface area contributed by atoms with Gasteiger partial charge in [-0.1, -0.05) is 23.7 Å². The van der Waals surface area contributed by atoms with Crippen molar-refractivity contribution in [3.63, 3.8) is 0 Å². The maximum atomic E-state index is 12.6. The highest BCUT2D eigenvalue weighted by Crippen LogP contribution is 2.22. The number of methoxy groups -OCH3 is 1. The number of aryl methyl sites for hydroxylation is 1. The van der Waals surface area contributed by atoms with Gasteiger partial charge in [-0.05, 0) is 31.2 Å². The molecule has 0 saturated carbocycles. The summed E-state index contributed by atoms with van der Waals surface area (Å²) in [6.07, 6.45) is 1.72. The molecule has 0 fully saturated rings. The number of halogens is 1. The summed E-state index contributed by atoms with van der Waals surface area (Å²) in [7, 11) is 1.28. The number of rotatable bonds is 3. The van der Waals surface area contributed by atoms with E-state index in [1.807, 2.05) is 6.92 Å². The van der Waals surface area contributed by atoms with Gasteiger partial charge < -0.3 is 14.5 Å². The van der Waals surface area contributed by atoms with Crippen molar-refractivity contribution in [3.8, 4) is 0 Å². The number of hydrogen-bond donors (Lipinski definition) is 1. The first-order valence-electron chi connectivity index (χ1n) is 7.14. The van der Waals surface area contributed by atoms with Crippen molar-refractivity contribution in [2.75, 3.05) is 12.4 Å². The molecule has 0 bridgehead atoms. The molecule has 6 nitrogen and oxygen atoms in total. The van der Waals surface area contributed by atoms with E-state index in [1.165, 1.54) is 7.11 Å². The third-order valence-corrected chi connectivity index (χ3v) is 3.90. The first-order chi connectivity index (χ1) is 11.5. The molecule has 122 valence electrons. The Labute approximate surface area is 143 Å². The average Bonchev–Trinajstić information content (AvgIpc) is 3.00. The second kappa shape index (κ2) is 6.33. The second-order valence-electron chi connectivity index (χ2n) is 5.13. The molecule has 1 aromatic carbocycles. The van der Waals surface area contributed by atoms with E-state index >= 15 is 0 Å². The molecule has 1 amide bonds. The number of aromatic nitrogens is 2. The number of para-hydroxylation sites is 1. The summed E-state index contributed by atoms with van der Waals surface area (Å²) in [5.41, 5.74) is 2.12. The highest BCUT2D eigenvalue weighted by molar-refractivity contribution is 6.34. The van der Waals surface area contributed by atoms with Gasteiger partial charge in [-0.15, -0.1) is 0 Å². The van der Waals surface area contributed by atoms with Gasteiger partial charge in [0.15, 0.2) is 11.3 Å². The van der Waals surface area contributed by atoms with Gasteiger partial charge in [0.05, 0.1) is 23.4 Å². The van der Waals surface area contributed by atoms with E-state index in [9.17, 15) is 9.59 Å². The molecule has 7 heteroatoms. The number of fused-ring (bicyclic) bond motifs is 1. The van der Waals surface area contributed by atoms with Crippen LogP contribution >= 0.6 is 11.6 Å². The summed E-state index contributed by atoms with van der Waals surface area (Å²) in [5, 5.41) is 3.19. The average molecular weight is 344 g/mol. The lowest BCUT2D eigenvalue weighted by atomic mass is 10.2. The smallest absolute Gasteiger partial charge is 0.356 e. The minimum atomic E-state index is -0.556. The van der Waals surface area contributed by atoms with Crippen LogP contribution in [0.4, 0.5) is 5.69 Å². The van der Waals surface area contributed by atoms with Crippen molar-refractivity contribution >= 4 is 34.8 Å². The van der Waals surface area contributed by atoms with Crippen molar-refractivity contribution in [3.05, 3.63) is 64.6 Å². The van der Waals surface area contributed by atoms with E-state index in [4.69, 9.17) is 16.3 Å². The summed E-state index contributed by atoms with van der Waals surface area (Å²) in [4.78, 5) is 28.5. The Balaban J connectivity index is 2.03. The minimum Gasteiger partial charge on any atom is -0.464 e. The highest BCUT2D eigenvalue weighted by atomic mass is 35.5. The van der Waals surface area contributed by atoms with Crippen molar-refractivity contribution in [2.24, 2.45) is 0 Å². The fourth-order valence-corrected chi connectivity index (χ4v) is 2.56. The first kappa shape index (κ1) is 16.0. The van der Waals surface area contributed by atoms with Crippen molar-refractivity contribution in [1.29, 1.82) is 0 Å². The Morgan fingerprint density at radius 1 is 1.25 bits per heavy atom. The van der Waals surface area contributed by atoms with Gasteiger partial charge in [-0.3, -0.25) is 4.79 Å². The molecule has 0 aliphatic heterocycles. The molecule has 0 unspecified atom stereocenters. The Kier molecular flexibility index (Phi) is 4.22. The van der Waals surface area contributed by atoms with Crippen LogP contribution in [0.3, 0.4) is 0 Å². The number of carbonyl (C=O) groups is 2. The van der Waals surface area contributed by atoms with Crippen LogP contribution in [0.25, 0.3) is 5.65 Å². The summed E-state index contributed by atoms with van der Waals surface area (Å²) >= 11 is 6.06. The van der Waals surface area contributed by atoms with E-state index in [0.717, 1.165) is 5.69 Å². The summed E-state index contributed by atoms with van der Waals surface area (Å²) in [6, 6.07) is 10.2. The topological polar surface area (TPSA) is 72.7 Å². The monoisotopic (exact) mass is 343 g/mol. The van der Waals surface area contributed by atoms with Gasteiger partial charge in [0.2, 0.25) is 0 Å². The molecule has 3 rings (SSSR count). The third kappa shape index (κ3) is 2.83. The Morgan fingerprint density at radius 3 is 2.71 bits per heavy atom. The molecule has 0 saturated heterocycles. The predicted molar refractivity (Wildman–Crippen MR) is 90.7 cm³/mol. The quantitative estimate of drug-likeness (QED) is 0.740. The number of amides is 1. The van der Waals surface area contributed by atoms with Crippen LogP contribution in [0.5, 0.6) is 0 Å². The zero-order chi connectivity index (χ0) is 17.3. The van der Waals surface area contributed by atoms with Gasteiger partial charge in [0.1, 0.15) is 0 Å². The van der Waals surface area contributed by atoms with Crippen LogP contribution in [0.1, 0.15) is 26.5 Å². The van der Waals surface area contributed by atoms with E-state index < -0.39 is 5.97 Å². The summed E-state index contributed by atoms with van der Waals surface area (Å²) in [6.45, 7) is 1.82. The zero-order valence-electron chi connectivity index (χ0n) is 13.0. The van der Waals surface area contributed by atoms with Gasteiger partial charge in [-0.25, -0.2) is 9.78 Å². The Morgan fingerprint density at radius 2 is 2.00 bits per heavy atom. The van der Waals surface area contributed by atoms with Crippen LogP contribution in [0.2, 0.25) is 5.02 Å². The number of carbonyl (C=O) groups excluding carboxylic acids is 2. The Hall–Kier alpha value is -2.86. The number of hydrogen-bond acceptors (Lipinski definition) is 4.